The monoisotopic (exact) mass is 297 g/mol. The van der Waals surface area contributed by atoms with Gasteiger partial charge in [-0.15, -0.1) is 0 Å². The summed E-state index contributed by atoms with van der Waals surface area (Å²) >= 11 is 0. The summed E-state index contributed by atoms with van der Waals surface area (Å²) in [4.78, 5) is 2.13. The maximum Gasteiger partial charge on any atom is 0.170 e. The normalized spacial score (nSPS) is 17.8. The van der Waals surface area contributed by atoms with Crippen LogP contribution in [0.5, 0.6) is 0 Å². The van der Waals surface area contributed by atoms with Crippen LogP contribution < -0.4 is 0 Å². The van der Waals surface area contributed by atoms with Crippen molar-refractivity contribution in [2.24, 2.45) is 5.92 Å². The molecule has 0 radical (unpaired) electrons. The Kier molecular flexibility index (Phi) is 6.11. The molecule has 1 heterocycles. The maximum absolute atomic E-state index is 12.9. The van der Waals surface area contributed by atoms with Crippen LogP contribution in [0.3, 0.4) is 0 Å². The van der Waals surface area contributed by atoms with E-state index in [-0.39, 0.29) is 12.1 Å². The minimum Gasteiger partial charge on any atom is -0.387 e. The molecule has 1 N–H and O–H groups in total. The fourth-order valence-electron chi connectivity index (χ4n) is 2.50. The van der Waals surface area contributed by atoms with E-state index in [0.29, 0.717) is 32.2 Å². The molecule has 4 nitrogen and oxygen atoms in total. The van der Waals surface area contributed by atoms with Gasteiger partial charge in [0.15, 0.2) is 6.29 Å². The van der Waals surface area contributed by atoms with Gasteiger partial charge in [0.1, 0.15) is 5.82 Å². The lowest BCUT2D eigenvalue weighted by Crippen LogP contribution is -2.38. The van der Waals surface area contributed by atoms with Gasteiger partial charge in [-0.25, -0.2) is 4.39 Å². The molecular weight excluding hydrogens is 273 g/mol. The maximum atomic E-state index is 12.9. The largest absolute Gasteiger partial charge is 0.387 e. The van der Waals surface area contributed by atoms with E-state index in [1.165, 1.54) is 12.1 Å². The smallest absolute Gasteiger partial charge is 0.170 e. The Morgan fingerprint density at radius 1 is 1.19 bits per heavy atom. The van der Waals surface area contributed by atoms with Gasteiger partial charge in [0.25, 0.3) is 0 Å². The zero-order chi connectivity index (χ0) is 15.2. The van der Waals surface area contributed by atoms with E-state index >= 15 is 0 Å². The standard InChI is InChI=1S/C16H24FNO3/c1-12(2)9-18(11-16-20-7-8-21-16)10-15(19)13-3-5-14(17)6-4-13/h3-6,12,15-16,19H,7-11H2,1-2H3. The quantitative estimate of drug-likeness (QED) is 0.838. The summed E-state index contributed by atoms with van der Waals surface area (Å²) in [7, 11) is 0. The van der Waals surface area contributed by atoms with E-state index in [1.807, 2.05) is 0 Å². The van der Waals surface area contributed by atoms with Crippen molar-refractivity contribution in [1.82, 2.24) is 4.90 Å². The predicted molar refractivity (Wildman–Crippen MR) is 78.3 cm³/mol. The van der Waals surface area contributed by atoms with Crippen molar-refractivity contribution in [1.29, 1.82) is 0 Å². The molecule has 1 saturated heterocycles. The Labute approximate surface area is 125 Å². The van der Waals surface area contributed by atoms with Gasteiger partial charge in [-0.1, -0.05) is 26.0 Å². The summed E-state index contributed by atoms with van der Waals surface area (Å²) in [5.41, 5.74) is 0.721. The predicted octanol–water partition coefficient (Wildman–Crippen LogP) is 2.19. The van der Waals surface area contributed by atoms with Gasteiger partial charge in [-0.3, -0.25) is 4.90 Å². The van der Waals surface area contributed by atoms with Crippen LogP contribution >= 0.6 is 0 Å². The van der Waals surface area contributed by atoms with Crippen molar-refractivity contribution in [2.75, 3.05) is 32.8 Å². The lowest BCUT2D eigenvalue weighted by molar-refractivity contribution is -0.0684. The lowest BCUT2D eigenvalue weighted by Gasteiger charge is -2.28. The fourth-order valence-corrected chi connectivity index (χ4v) is 2.50. The molecule has 1 aromatic rings. The highest BCUT2D eigenvalue weighted by Gasteiger charge is 2.22. The van der Waals surface area contributed by atoms with Gasteiger partial charge >= 0.3 is 0 Å². The molecule has 0 aliphatic carbocycles. The number of halogens is 1. The summed E-state index contributed by atoms with van der Waals surface area (Å²) in [5, 5.41) is 10.3. The highest BCUT2D eigenvalue weighted by Crippen LogP contribution is 2.17. The summed E-state index contributed by atoms with van der Waals surface area (Å²) < 4.78 is 23.9. The van der Waals surface area contributed by atoms with Crippen molar-refractivity contribution < 1.29 is 19.0 Å². The molecule has 0 aromatic heterocycles. The first-order valence-electron chi connectivity index (χ1n) is 7.43. The second-order valence-electron chi connectivity index (χ2n) is 5.85. The van der Waals surface area contributed by atoms with E-state index in [2.05, 4.69) is 18.7 Å². The minimum absolute atomic E-state index is 0.218. The van der Waals surface area contributed by atoms with Crippen LogP contribution in [-0.2, 0) is 9.47 Å². The van der Waals surface area contributed by atoms with Crippen LogP contribution in [0, 0.1) is 11.7 Å². The van der Waals surface area contributed by atoms with E-state index in [9.17, 15) is 9.50 Å². The second-order valence-corrected chi connectivity index (χ2v) is 5.85. The van der Waals surface area contributed by atoms with Crippen molar-refractivity contribution in [2.45, 2.75) is 26.2 Å². The molecule has 5 heteroatoms. The minimum atomic E-state index is -0.647. The average Bonchev–Trinajstić information content (AvgIpc) is 2.91. The van der Waals surface area contributed by atoms with E-state index in [4.69, 9.17) is 9.47 Å². The van der Waals surface area contributed by atoms with Gasteiger partial charge in [0, 0.05) is 19.6 Å². The Morgan fingerprint density at radius 2 is 1.81 bits per heavy atom. The fraction of sp³-hybridized carbons (Fsp3) is 0.625. The summed E-state index contributed by atoms with van der Waals surface area (Å²) in [6.45, 7) is 7.48. The van der Waals surface area contributed by atoms with E-state index < -0.39 is 6.10 Å². The third kappa shape index (κ3) is 5.36. The van der Waals surface area contributed by atoms with Gasteiger partial charge < -0.3 is 14.6 Å². The Balaban J connectivity index is 1.94. The zero-order valence-corrected chi connectivity index (χ0v) is 12.7. The third-order valence-corrected chi connectivity index (χ3v) is 3.41. The van der Waals surface area contributed by atoms with Gasteiger partial charge in [-0.05, 0) is 23.6 Å². The second kappa shape index (κ2) is 7.84. The molecule has 1 fully saturated rings. The molecule has 1 unspecified atom stereocenters. The number of hydrogen-bond donors (Lipinski definition) is 1. The highest BCUT2D eigenvalue weighted by atomic mass is 19.1. The molecule has 1 atom stereocenters. The van der Waals surface area contributed by atoms with Crippen LogP contribution in [0.25, 0.3) is 0 Å². The molecule has 0 amide bonds. The number of ether oxygens (including phenoxy) is 2. The first-order valence-corrected chi connectivity index (χ1v) is 7.43. The van der Waals surface area contributed by atoms with Crippen LogP contribution in [0.4, 0.5) is 4.39 Å². The molecule has 118 valence electrons. The van der Waals surface area contributed by atoms with Crippen molar-refractivity contribution >= 4 is 0 Å². The summed E-state index contributed by atoms with van der Waals surface area (Å²) in [6.07, 6.45) is -0.866. The molecule has 1 aliphatic rings. The Morgan fingerprint density at radius 3 is 2.38 bits per heavy atom. The van der Waals surface area contributed by atoms with Crippen LogP contribution in [-0.4, -0.2) is 49.1 Å². The number of hydrogen-bond acceptors (Lipinski definition) is 4. The van der Waals surface area contributed by atoms with Gasteiger partial charge in [0.2, 0.25) is 0 Å². The van der Waals surface area contributed by atoms with Crippen molar-refractivity contribution in [3.63, 3.8) is 0 Å². The summed E-state index contributed by atoms with van der Waals surface area (Å²) in [5.74, 6) is 0.185. The number of nitrogens with zero attached hydrogens (tertiary/aromatic N) is 1. The number of aliphatic hydroxyl groups is 1. The molecule has 0 saturated carbocycles. The van der Waals surface area contributed by atoms with Crippen molar-refractivity contribution in [3.05, 3.63) is 35.6 Å². The summed E-state index contributed by atoms with van der Waals surface area (Å²) in [6, 6.07) is 5.98. The molecular formula is C16H24FNO3. The number of aliphatic hydroxyl groups excluding tert-OH is 1. The number of rotatable bonds is 7. The Hall–Kier alpha value is -1.01. The highest BCUT2D eigenvalue weighted by molar-refractivity contribution is 5.18. The first kappa shape index (κ1) is 16.4. The van der Waals surface area contributed by atoms with Crippen LogP contribution in [0.1, 0.15) is 25.5 Å². The van der Waals surface area contributed by atoms with E-state index in [1.54, 1.807) is 12.1 Å². The average molecular weight is 297 g/mol. The van der Waals surface area contributed by atoms with E-state index in [0.717, 1.165) is 12.1 Å². The SMILES string of the molecule is CC(C)CN(CC1OCCO1)CC(O)c1ccc(F)cc1. The Bertz CT molecular complexity index is 418. The molecule has 21 heavy (non-hydrogen) atoms. The molecule has 2 rings (SSSR count). The topological polar surface area (TPSA) is 41.9 Å². The first-order chi connectivity index (χ1) is 10.0. The van der Waals surface area contributed by atoms with Crippen molar-refractivity contribution in [3.8, 4) is 0 Å². The lowest BCUT2D eigenvalue weighted by atomic mass is 10.1. The van der Waals surface area contributed by atoms with Gasteiger partial charge in [-0.2, -0.15) is 0 Å². The van der Waals surface area contributed by atoms with Crippen LogP contribution in [0.2, 0.25) is 0 Å². The number of benzene rings is 1. The molecule has 0 spiro atoms. The molecule has 1 aliphatic heterocycles. The molecule has 0 bridgehead atoms. The van der Waals surface area contributed by atoms with Crippen LogP contribution in [0.15, 0.2) is 24.3 Å². The third-order valence-electron chi connectivity index (χ3n) is 3.41. The zero-order valence-electron chi connectivity index (χ0n) is 12.7. The molecule has 1 aromatic carbocycles. The van der Waals surface area contributed by atoms with Gasteiger partial charge in [0.05, 0.1) is 19.3 Å².